The van der Waals surface area contributed by atoms with Crippen molar-refractivity contribution in [3.05, 3.63) is 82.8 Å². The summed E-state index contributed by atoms with van der Waals surface area (Å²) >= 11 is 0. The quantitative estimate of drug-likeness (QED) is 0.526. The molecule has 114 valence electrons. The van der Waals surface area contributed by atoms with E-state index in [1.54, 1.807) is 0 Å². The van der Waals surface area contributed by atoms with Crippen LogP contribution in [0.3, 0.4) is 0 Å². The maximum absolute atomic E-state index is 11.4. The smallest absolute Gasteiger partial charge is 0.143 e. The highest BCUT2D eigenvalue weighted by atomic mass is 16.3. The van der Waals surface area contributed by atoms with Crippen LogP contribution in [0.4, 0.5) is 0 Å². The molecule has 1 unspecified atom stereocenters. The number of nitrogens with one attached hydrogen (secondary N) is 1. The van der Waals surface area contributed by atoms with Crippen molar-refractivity contribution in [3.8, 4) is 22.5 Å². The monoisotopic (exact) mass is 311 g/mol. The fourth-order valence-electron chi connectivity index (χ4n) is 3.62. The zero-order chi connectivity index (χ0) is 16.1. The van der Waals surface area contributed by atoms with Crippen molar-refractivity contribution < 1.29 is 0 Å². The fourth-order valence-corrected chi connectivity index (χ4v) is 3.62. The first-order valence-corrected chi connectivity index (χ1v) is 7.86. The molecule has 0 aliphatic heterocycles. The Labute approximate surface area is 138 Å². The molecule has 1 aromatic heterocycles. The first-order valence-electron chi connectivity index (χ1n) is 7.86. The zero-order valence-electron chi connectivity index (χ0n) is 12.7. The van der Waals surface area contributed by atoms with Gasteiger partial charge in [-0.3, -0.25) is 0 Å². The Bertz CT molecular complexity index is 1060. The highest BCUT2D eigenvalue weighted by Crippen LogP contribution is 2.49. The summed E-state index contributed by atoms with van der Waals surface area (Å²) in [7, 11) is 0. The number of fused-ring (bicyclic) bond motifs is 4. The molecular weight excluding hydrogens is 298 g/mol. The van der Waals surface area contributed by atoms with Crippen LogP contribution in [0, 0.1) is 4.91 Å². The first-order chi connectivity index (χ1) is 11.9. The minimum Gasteiger partial charge on any atom is -0.338 e. The van der Waals surface area contributed by atoms with Crippen LogP contribution in [0.2, 0.25) is 0 Å². The van der Waals surface area contributed by atoms with Gasteiger partial charge in [0.15, 0.2) is 0 Å². The second-order valence-corrected chi connectivity index (χ2v) is 5.97. The molecule has 1 aliphatic rings. The molecule has 0 spiro atoms. The van der Waals surface area contributed by atoms with Gasteiger partial charge in [-0.2, -0.15) is 0 Å². The summed E-state index contributed by atoms with van der Waals surface area (Å²) in [6.45, 7) is 0. The van der Waals surface area contributed by atoms with Crippen LogP contribution >= 0.6 is 0 Å². The lowest BCUT2D eigenvalue weighted by atomic mass is 9.99. The molecule has 4 nitrogen and oxygen atoms in total. The van der Waals surface area contributed by atoms with Crippen LogP contribution in [-0.4, -0.2) is 9.97 Å². The van der Waals surface area contributed by atoms with Gasteiger partial charge in [0.05, 0.1) is 11.0 Å². The lowest BCUT2D eigenvalue weighted by Crippen LogP contribution is -1.91. The number of para-hydroxylation sites is 2. The molecule has 1 aliphatic carbocycles. The van der Waals surface area contributed by atoms with Crippen molar-refractivity contribution >= 4 is 11.0 Å². The van der Waals surface area contributed by atoms with E-state index in [1.165, 1.54) is 0 Å². The van der Waals surface area contributed by atoms with E-state index in [0.29, 0.717) is 0 Å². The zero-order valence-corrected chi connectivity index (χ0v) is 12.7. The van der Waals surface area contributed by atoms with Crippen molar-refractivity contribution in [2.45, 2.75) is 6.04 Å². The van der Waals surface area contributed by atoms with Crippen LogP contribution < -0.4 is 0 Å². The van der Waals surface area contributed by atoms with Gasteiger partial charge in [-0.1, -0.05) is 59.8 Å². The van der Waals surface area contributed by atoms with Gasteiger partial charge in [0, 0.05) is 5.56 Å². The molecule has 1 heterocycles. The summed E-state index contributed by atoms with van der Waals surface area (Å²) in [6.07, 6.45) is 0. The van der Waals surface area contributed by atoms with Crippen LogP contribution in [-0.2, 0) is 0 Å². The second kappa shape index (κ2) is 4.86. The van der Waals surface area contributed by atoms with Crippen molar-refractivity contribution in [1.29, 1.82) is 0 Å². The molecule has 0 radical (unpaired) electrons. The number of aromatic amines is 1. The van der Waals surface area contributed by atoms with Crippen molar-refractivity contribution in [3.63, 3.8) is 0 Å². The number of hydrogen-bond acceptors (Lipinski definition) is 3. The first kappa shape index (κ1) is 13.2. The number of aromatic nitrogens is 2. The molecule has 24 heavy (non-hydrogen) atoms. The summed E-state index contributed by atoms with van der Waals surface area (Å²) in [6, 6.07) is 21.5. The van der Waals surface area contributed by atoms with Crippen LogP contribution in [0.5, 0.6) is 0 Å². The van der Waals surface area contributed by atoms with Gasteiger partial charge in [0.1, 0.15) is 11.9 Å². The number of H-pyrrole nitrogens is 1. The second-order valence-electron chi connectivity index (χ2n) is 5.97. The van der Waals surface area contributed by atoms with E-state index in [9.17, 15) is 4.91 Å². The molecule has 0 saturated heterocycles. The fraction of sp³-hybridized carbons (Fsp3) is 0.0500. The third kappa shape index (κ3) is 1.71. The average Bonchev–Trinajstić information content (AvgIpc) is 3.20. The van der Waals surface area contributed by atoms with E-state index in [2.05, 4.69) is 10.2 Å². The van der Waals surface area contributed by atoms with E-state index in [0.717, 1.165) is 44.7 Å². The minimum absolute atomic E-state index is 0.444. The van der Waals surface area contributed by atoms with Crippen molar-refractivity contribution in [2.75, 3.05) is 0 Å². The van der Waals surface area contributed by atoms with Crippen LogP contribution in [0.25, 0.3) is 33.5 Å². The molecule has 3 aromatic carbocycles. The maximum atomic E-state index is 11.4. The summed E-state index contributed by atoms with van der Waals surface area (Å²) in [5.41, 5.74) is 6.96. The molecule has 0 amide bonds. The number of rotatable bonds is 2. The summed E-state index contributed by atoms with van der Waals surface area (Å²) < 4.78 is 0. The minimum atomic E-state index is -0.444. The van der Waals surface area contributed by atoms with Gasteiger partial charge >= 0.3 is 0 Å². The standard InChI is InChI=1S/C20H13N3O/c24-23-19-13-7-2-1-6-12(13)18-14(19)8-5-9-15(18)20-21-16-10-3-4-11-17(16)22-20/h1-11,19H,(H,21,22). The molecule has 0 fully saturated rings. The molecule has 4 heteroatoms. The average molecular weight is 311 g/mol. The Morgan fingerprint density at radius 2 is 1.58 bits per heavy atom. The third-order valence-corrected chi connectivity index (χ3v) is 4.67. The molecule has 0 bridgehead atoms. The molecule has 0 saturated carbocycles. The number of benzene rings is 3. The van der Waals surface area contributed by atoms with Crippen molar-refractivity contribution in [2.24, 2.45) is 5.18 Å². The predicted octanol–water partition coefficient (Wildman–Crippen LogP) is 5.07. The largest absolute Gasteiger partial charge is 0.338 e. The molecule has 5 rings (SSSR count). The topological polar surface area (TPSA) is 58.1 Å². The maximum Gasteiger partial charge on any atom is 0.143 e. The predicted molar refractivity (Wildman–Crippen MR) is 94.6 cm³/mol. The van der Waals surface area contributed by atoms with Crippen LogP contribution in [0.1, 0.15) is 17.2 Å². The van der Waals surface area contributed by atoms with E-state index in [4.69, 9.17) is 4.98 Å². The summed E-state index contributed by atoms with van der Waals surface area (Å²) in [5.74, 6) is 0.814. The van der Waals surface area contributed by atoms with E-state index in [1.807, 2.05) is 66.7 Å². The third-order valence-electron chi connectivity index (χ3n) is 4.67. The lowest BCUT2D eigenvalue weighted by molar-refractivity contribution is 0.892. The number of nitrogens with zero attached hydrogens (tertiary/aromatic N) is 2. The number of hydrogen-bond donors (Lipinski definition) is 1. The van der Waals surface area contributed by atoms with Gasteiger partial charge in [-0.05, 0) is 34.4 Å². The highest BCUT2D eigenvalue weighted by Gasteiger charge is 2.31. The Hall–Kier alpha value is -3.27. The van der Waals surface area contributed by atoms with Gasteiger partial charge < -0.3 is 4.98 Å². The Morgan fingerprint density at radius 3 is 2.46 bits per heavy atom. The normalized spacial score (nSPS) is 15.2. The Balaban J connectivity index is 1.82. The molecular formula is C20H13N3O. The summed E-state index contributed by atoms with van der Waals surface area (Å²) in [5, 5.41) is 3.37. The highest BCUT2D eigenvalue weighted by molar-refractivity contribution is 5.91. The lowest BCUT2D eigenvalue weighted by Gasteiger charge is -2.07. The Kier molecular flexibility index (Phi) is 2.67. The molecule has 1 N–H and O–H groups in total. The van der Waals surface area contributed by atoms with E-state index < -0.39 is 6.04 Å². The van der Waals surface area contributed by atoms with Gasteiger partial charge in [0.2, 0.25) is 0 Å². The number of imidazole rings is 1. The molecule has 1 atom stereocenters. The SMILES string of the molecule is O=NC1c2ccccc2-c2c(-c3nc4ccccc4[nH]3)cccc21. The van der Waals surface area contributed by atoms with E-state index in [-0.39, 0.29) is 0 Å². The molecule has 4 aromatic rings. The Morgan fingerprint density at radius 1 is 0.833 bits per heavy atom. The summed E-state index contributed by atoms with van der Waals surface area (Å²) in [4.78, 5) is 19.6. The van der Waals surface area contributed by atoms with Crippen molar-refractivity contribution in [1.82, 2.24) is 9.97 Å². The van der Waals surface area contributed by atoms with Gasteiger partial charge in [-0.25, -0.2) is 4.98 Å². The number of nitroso groups, excluding NO2 is 1. The van der Waals surface area contributed by atoms with E-state index >= 15 is 0 Å². The van der Waals surface area contributed by atoms with Gasteiger partial charge in [0.25, 0.3) is 0 Å². The van der Waals surface area contributed by atoms with Gasteiger partial charge in [-0.15, -0.1) is 4.91 Å². The van der Waals surface area contributed by atoms with Crippen LogP contribution in [0.15, 0.2) is 71.9 Å².